The van der Waals surface area contributed by atoms with Crippen LogP contribution in [0.3, 0.4) is 0 Å². The summed E-state index contributed by atoms with van der Waals surface area (Å²) < 4.78 is 0. The summed E-state index contributed by atoms with van der Waals surface area (Å²) in [5, 5.41) is 14.4. The van der Waals surface area contributed by atoms with Crippen molar-refractivity contribution >= 4 is 17.6 Å². The maximum absolute atomic E-state index is 10.4. The smallest absolute Gasteiger partial charge is 0.322 e. The second-order valence-electron chi connectivity index (χ2n) is 3.91. The standard InChI is InChI=1S/C12H15N5O2/c18-12(19)7-15-11-6-10(16-8-17-11)14-5-3-9-2-1-4-13-9/h1-2,4,6,8,13H,3,5,7H2,(H,18,19)(H2,14,15,16,17). The Morgan fingerprint density at radius 1 is 1.32 bits per heavy atom. The number of hydrogen-bond donors (Lipinski definition) is 4. The van der Waals surface area contributed by atoms with E-state index >= 15 is 0 Å². The third kappa shape index (κ3) is 4.30. The fraction of sp³-hybridized carbons (Fsp3) is 0.250. The Morgan fingerprint density at radius 2 is 2.11 bits per heavy atom. The molecular formula is C12H15N5O2. The molecule has 0 aliphatic rings. The van der Waals surface area contributed by atoms with Crippen molar-refractivity contribution in [2.45, 2.75) is 6.42 Å². The zero-order valence-corrected chi connectivity index (χ0v) is 10.3. The molecule has 0 spiro atoms. The lowest BCUT2D eigenvalue weighted by molar-refractivity contribution is -0.134. The van der Waals surface area contributed by atoms with Gasteiger partial charge in [0.2, 0.25) is 0 Å². The van der Waals surface area contributed by atoms with Gasteiger partial charge < -0.3 is 20.7 Å². The molecule has 0 bridgehead atoms. The lowest BCUT2D eigenvalue weighted by Gasteiger charge is -2.07. The number of rotatable bonds is 7. The Labute approximate surface area is 110 Å². The third-order valence-electron chi connectivity index (χ3n) is 2.45. The maximum atomic E-state index is 10.4. The fourth-order valence-electron chi connectivity index (χ4n) is 1.57. The van der Waals surface area contributed by atoms with E-state index in [2.05, 4.69) is 25.6 Å². The average molecular weight is 261 g/mol. The summed E-state index contributed by atoms with van der Waals surface area (Å²) in [6.07, 6.45) is 4.13. The summed E-state index contributed by atoms with van der Waals surface area (Å²) >= 11 is 0. The number of anilines is 2. The molecular weight excluding hydrogens is 246 g/mol. The third-order valence-corrected chi connectivity index (χ3v) is 2.45. The molecule has 2 aromatic heterocycles. The van der Waals surface area contributed by atoms with E-state index < -0.39 is 5.97 Å². The molecule has 0 unspecified atom stereocenters. The molecule has 0 saturated heterocycles. The van der Waals surface area contributed by atoms with Gasteiger partial charge in [-0.15, -0.1) is 0 Å². The molecule has 0 saturated carbocycles. The number of aromatic nitrogens is 3. The van der Waals surface area contributed by atoms with E-state index in [0.717, 1.165) is 18.7 Å². The topological polar surface area (TPSA) is 103 Å². The molecule has 2 rings (SSSR count). The molecule has 4 N–H and O–H groups in total. The number of carboxylic acids is 1. The van der Waals surface area contributed by atoms with Crippen molar-refractivity contribution in [3.05, 3.63) is 36.4 Å². The highest BCUT2D eigenvalue weighted by molar-refractivity contribution is 5.72. The fourth-order valence-corrected chi connectivity index (χ4v) is 1.57. The molecule has 0 radical (unpaired) electrons. The van der Waals surface area contributed by atoms with Crippen LogP contribution in [0.5, 0.6) is 0 Å². The Hall–Kier alpha value is -2.57. The van der Waals surface area contributed by atoms with Gasteiger partial charge in [0.15, 0.2) is 0 Å². The van der Waals surface area contributed by atoms with Crippen molar-refractivity contribution in [3.8, 4) is 0 Å². The minimum Gasteiger partial charge on any atom is -0.480 e. The van der Waals surface area contributed by atoms with Crippen molar-refractivity contribution in [3.63, 3.8) is 0 Å². The predicted molar refractivity (Wildman–Crippen MR) is 71.1 cm³/mol. The Morgan fingerprint density at radius 3 is 2.79 bits per heavy atom. The van der Waals surface area contributed by atoms with Crippen molar-refractivity contribution in [2.24, 2.45) is 0 Å². The molecule has 7 nitrogen and oxygen atoms in total. The molecule has 2 heterocycles. The molecule has 0 aromatic carbocycles. The lowest BCUT2D eigenvalue weighted by Crippen LogP contribution is -2.14. The van der Waals surface area contributed by atoms with Gasteiger partial charge in [0.25, 0.3) is 0 Å². The summed E-state index contributed by atoms with van der Waals surface area (Å²) in [4.78, 5) is 21.6. The van der Waals surface area contributed by atoms with E-state index in [9.17, 15) is 4.79 Å². The van der Waals surface area contributed by atoms with E-state index in [0.29, 0.717) is 11.6 Å². The number of H-pyrrole nitrogens is 1. The van der Waals surface area contributed by atoms with E-state index in [1.807, 2.05) is 18.3 Å². The zero-order valence-electron chi connectivity index (χ0n) is 10.3. The lowest BCUT2D eigenvalue weighted by atomic mass is 10.3. The molecule has 100 valence electrons. The van der Waals surface area contributed by atoms with Gasteiger partial charge in [0.05, 0.1) is 0 Å². The van der Waals surface area contributed by atoms with Crippen LogP contribution < -0.4 is 10.6 Å². The number of aromatic amines is 1. The quantitative estimate of drug-likeness (QED) is 0.592. The first kappa shape index (κ1) is 12.9. The first-order valence-electron chi connectivity index (χ1n) is 5.88. The first-order chi connectivity index (χ1) is 9.24. The summed E-state index contributed by atoms with van der Waals surface area (Å²) in [5.74, 6) is 0.217. The van der Waals surface area contributed by atoms with Gasteiger partial charge in [-0.3, -0.25) is 4.79 Å². The van der Waals surface area contributed by atoms with Gasteiger partial charge >= 0.3 is 5.97 Å². The highest BCUT2D eigenvalue weighted by atomic mass is 16.4. The summed E-state index contributed by atoms with van der Waals surface area (Å²) in [7, 11) is 0. The van der Waals surface area contributed by atoms with Crippen molar-refractivity contribution in [2.75, 3.05) is 23.7 Å². The Bertz CT molecular complexity index is 527. The van der Waals surface area contributed by atoms with Gasteiger partial charge in [-0.05, 0) is 12.1 Å². The molecule has 0 aliphatic carbocycles. The summed E-state index contributed by atoms with van der Waals surface area (Å²) in [5.41, 5.74) is 1.14. The van der Waals surface area contributed by atoms with E-state index in [4.69, 9.17) is 5.11 Å². The minimum atomic E-state index is -0.931. The Kier molecular flexibility index (Phi) is 4.33. The van der Waals surface area contributed by atoms with Gasteiger partial charge in [-0.1, -0.05) is 0 Å². The Balaban J connectivity index is 1.82. The summed E-state index contributed by atoms with van der Waals surface area (Å²) in [6.45, 7) is 0.564. The van der Waals surface area contributed by atoms with Crippen LogP contribution in [0.15, 0.2) is 30.7 Å². The molecule has 2 aromatic rings. The molecule has 0 amide bonds. The van der Waals surface area contributed by atoms with Gasteiger partial charge in [-0.25, -0.2) is 9.97 Å². The van der Waals surface area contributed by atoms with Crippen LogP contribution in [0.25, 0.3) is 0 Å². The molecule has 0 atom stereocenters. The number of aliphatic carboxylic acids is 1. The zero-order chi connectivity index (χ0) is 13.5. The average Bonchev–Trinajstić information content (AvgIpc) is 2.90. The summed E-state index contributed by atoms with van der Waals surface area (Å²) in [6, 6.07) is 5.65. The van der Waals surface area contributed by atoms with Crippen LogP contribution >= 0.6 is 0 Å². The van der Waals surface area contributed by atoms with E-state index in [1.165, 1.54) is 6.33 Å². The van der Waals surface area contributed by atoms with Crippen molar-refractivity contribution < 1.29 is 9.90 Å². The largest absolute Gasteiger partial charge is 0.480 e. The first-order valence-corrected chi connectivity index (χ1v) is 5.88. The van der Waals surface area contributed by atoms with Crippen LogP contribution in [-0.2, 0) is 11.2 Å². The van der Waals surface area contributed by atoms with Crippen LogP contribution in [0.2, 0.25) is 0 Å². The number of nitrogens with one attached hydrogen (secondary N) is 3. The molecule has 7 heteroatoms. The van der Waals surface area contributed by atoms with Crippen LogP contribution in [0, 0.1) is 0 Å². The normalized spacial score (nSPS) is 10.1. The minimum absolute atomic E-state index is 0.168. The highest BCUT2D eigenvalue weighted by Gasteiger charge is 2.01. The van der Waals surface area contributed by atoms with Crippen molar-refractivity contribution in [1.29, 1.82) is 0 Å². The SMILES string of the molecule is O=C(O)CNc1cc(NCCc2ccc[nH]2)ncn1. The maximum Gasteiger partial charge on any atom is 0.322 e. The van der Waals surface area contributed by atoms with E-state index in [-0.39, 0.29) is 6.54 Å². The second-order valence-corrected chi connectivity index (χ2v) is 3.91. The highest BCUT2D eigenvalue weighted by Crippen LogP contribution is 2.08. The number of nitrogens with zero attached hydrogens (tertiary/aromatic N) is 2. The van der Waals surface area contributed by atoms with E-state index in [1.54, 1.807) is 6.07 Å². The molecule has 0 fully saturated rings. The van der Waals surface area contributed by atoms with Gasteiger partial charge in [0.1, 0.15) is 24.5 Å². The number of carbonyl (C=O) groups is 1. The predicted octanol–water partition coefficient (Wildman–Crippen LogP) is 0.956. The van der Waals surface area contributed by atoms with Crippen LogP contribution in [0.1, 0.15) is 5.69 Å². The monoisotopic (exact) mass is 261 g/mol. The van der Waals surface area contributed by atoms with Gasteiger partial charge in [-0.2, -0.15) is 0 Å². The van der Waals surface area contributed by atoms with Crippen LogP contribution in [0.4, 0.5) is 11.6 Å². The van der Waals surface area contributed by atoms with Crippen molar-refractivity contribution in [1.82, 2.24) is 15.0 Å². The second kappa shape index (κ2) is 6.39. The number of hydrogen-bond acceptors (Lipinski definition) is 5. The van der Waals surface area contributed by atoms with Crippen LogP contribution in [-0.4, -0.2) is 39.1 Å². The molecule has 19 heavy (non-hydrogen) atoms. The van der Waals surface area contributed by atoms with Gasteiger partial charge in [0, 0.05) is 30.9 Å². The molecule has 0 aliphatic heterocycles. The number of carboxylic acid groups (broad SMARTS) is 1.